The molecule has 0 bridgehead atoms. The van der Waals surface area contributed by atoms with E-state index >= 15 is 0 Å². The molecule has 1 aromatic carbocycles. The Labute approximate surface area is 125 Å². The van der Waals surface area contributed by atoms with Gasteiger partial charge in [0.2, 0.25) is 0 Å². The average Bonchev–Trinajstić information content (AvgIpc) is 2.52. The molecule has 0 radical (unpaired) electrons. The predicted molar refractivity (Wildman–Crippen MR) is 85.4 cm³/mol. The number of anilines is 1. The Balaban J connectivity index is 2.01. The van der Waals surface area contributed by atoms with E-state index in [1.165, 1.54) is 11.1 Å². The van der Waals surface area contributed by atoms with Gasteiger partial charge < -0.3 is 10.6 Å². The normalized spacial score (nSPS) is 10.2. The minimum atomic E-state index is -0.0797. The molecule has 0 saturated carbocycles. The highest BCUT2D eigenvalue weighted by Crippen LogP contribution is 2.12. The highest BCUT2D eigenvalue weighted by atomic mass is 16.1. The van der Waals surface area contributed by atoms with Crippen molar-refractivity contribution in [3.63, 3.8) is 0 Å². The summed E-state index contributed by atoms with van der Waals surface area (Å²) < 4.78 is 0. The molecule has 0 spiro atoms. The Kier molecular flexibility index (Phi) is 5.32. The number of hydrogen-bond donors (Lipinski definition) is 2. The summed E-state index contributed by atoms with van der Waals surface area (Å²) in [5, 5.41) is 6.16. The molecule has 0 atom stereocenters. The molecule has 4 heteroatoms. The van der Waals surface area contributed by atoms with Crippen LogP contribution in [0.4, 0.5) is 5.69 Å². The number of hydrogen-bond acceptors (Lipinski definition) is 3. The number of aryl methyl sites for hydroxylation is 1. The number of carbonyl (C=O) groups excluding carboxylic acids is 1. The van der Waals surface area contributed by atoms with E-state index in [1.54, 1.807) is 12.4 Å². The first-order chi connectivity index (χ1) is 10.2. The van der Waals surface area contributed by atoms with E-state index in [0.717, 1.165) is 12.1 Å². The zero-order chi connectivity index (χ0) is 15.1. The third-order valence-corrected chi connectivity index (χ3v) is 3.28. The number of rotatable bonds is 6. The largest absolute Gasteiger partial charge is 0.380 e. The Morgan fingerprint density at radius 2 is 2.05 bits per heavy atom. The highest BCUT2D eigenvalue weighted by molar-refractivity contribution is 5.94. The van der Waals surface area contributed by atoms with Crippen LogP contribution in [0.15, 0.2) is 42.7 Å². The third kappa shape index (κ3) is 4.31. The van der Waals surface area contributed by atoms with Gasteiger partial charge in [0.1, 0.15) is 0 Å². The molecule has 1 heterocycles. The molecule has 21 heavy (non-hydrogen) atoms. The van der Waals surface area contributed by atoms with Gasteiger partial charge in [-0.1, -0.05) is 31.2 Å². The molecule has 2 N–H and O–H groups in total. The van der Waals surface area contributed by atoms with Gasteiger partial charge in [-0.15, -0.1) is 0 Å². The Morgan fingerprint density at radius 3 is 2.81 bits per heavy atom. The number of nitrogens with one attached hydrogen (secondary N) is 2. The van der Waals surface area contributed by atoms with Gasteiger partial charge in [-0.05, 0) is 30.5 Å². The molecule has 110 valence electrons. The van der Waals surface area contributed by atoms with Crippen LogP contribution in [-0.4, -0.2) is 17.4 Å². The maximum Gasteiger partial charge on any atom is 0.252 e. The zero-order valence-corrected chi connectivity index (χ0v) is 12.5. The van der Waals surface area contributed by atoms with Crippen LogP contribution < -0.4 is 10.6 Å². The van der Waals surface area contributed by atoms with Gasteiger partial charge >= 0.3 is 0 Å². The molecule has 2 aromatic rings. The topological polar surface area (TPSA) is 54.0 Å². The summed E-state index contributed by atoms with van der Waals surface area (Å²) in [7, 11) is 0. The lowest BCUT2D eigenvalue weighted by atomic mass is 10.1. The van der Waals surface area contributed by atoms with Gasteiger partial charge in [-0.25, -0.2) is 0 Å². The van der Waals surface area contributed by atoms with E-state index in [4.69, 9.17) is 0 Å². The van der Waals surface area contributed by atoms with E-state index in [1.807, 2.05) is 25.1 Å². The van der Waals surface area contributed by atoms with Gasteiger partial charge in [-0.2, -0.15) is 0 Å². The SMILES string of the molecule is CCCNC(=O)c1cncc(NCc2ccccc2C)c1. The smallest absolute Gasteiger partial charge is 0.252 e. The van der Waals surface area contributed by atoms with Gasteiger partial charge in [0.05, 0.1) is 11.3 Å². The summed E-state index contributed by atoms with van der Waals surface area (Å²) in [6.07, 6.45) is 4.24. The number of aromatic nitrogens is 1. The molecule has 0 aliphatic rings. The maximum atomic E-state index is 11.9. The Hall–Kier alpha value is -2.36. The molecule has 4 nitrogen and oxygen atoms in total. The fourth-order valence-electron chi connectivity index (χ4n) is 2.01. The van der Waals surface area contributed by atoms with Crippen LogP contribution in [0.25, 0.3) is 0 Å². The molecule has 2 rings (SSSR count). The number of amides is 1. The first-order valence-corrected chi connectivity index (χ1v) is 7.22. The van der Waals surface area contributed by atoms with Crippen LogP contribution in [0.1, 0.15) is 34.8 Å². The van der Waals surface area contributed by atoms with E-state index in [2.05, 4.69) is 34.7 Å². The van der Waals surface area contributed by atoms with Crippen LogP contribution in [0.3, 0.4) is 0 Å². The fraction of sp³-hybridized carbons (Fsp3) is 0.294. The number of carbonyl (C=O) groups is 1. The summed E-state index contributed by atoms with van der Waals surface area (Å²) >= 11 is 0. The van der Waals surface area contributed by atoms with Gasteiger partial charge in [0.25, 0.3) is 5.91 Å². The van der Waals surface area contributed by atoms with Gasteiger partial charge in [0, 0.05) is 25.5 Å². The lowest BCUT2D eigenvalue weighted by Gasteiger charge is -2.10. The molecule has 0 fully saturated rings. The standard InChI is InChI=1S/C17H21N3O/c1-3-8-19-17(21)15-9-16(12-18-10-15)20-11-14-7-5-4-6-13(14)2/h4-7,9-10,12,20H,3,8,11H2,1-2H3,(H,19,21). The van der Waals surface area contributed by atoms with Crippen molar-refractivity contribution in [1.29, 1.82) is 0 Å². The van der Waals surface area contributed by atoms with E-state index in [9.17, 15) is 4.79 Å². The summed E-state index contributed by atoms with van der Waals surface area (Å²) in [6, 6.07) is 10.1. The van der Waals surface area contributed by atoms with Crippen molar-refractivity contribution in [2.45, 2.75) is 26.8 Å². The molecular formula is C17H21N3O. The Bertz CT molecular complexity index is 610. The molecule has 0 aliphatic carbocycles. The first kappa shape index (κ1) is 15.0. The van der Waals surface area contributed by atoms with Crippen LogP contribution >= 0.6 is 0 Å². The second-order valence-electron chi connectivity index (χ2n) is 5.00. The van der Waals surface area contributed by atoms with Crippen molar-refractivity contribution >= 4 is 11.6 Å². The number of nitrogens with zero attached hydrogens (tertiary/aromatic N) is 1. The van der Waals surface area contributed by atoms with E-state index < -0.39 is 0 Å². The maximum absolute atomic E-state index is 11.9. The molecule has 0 aliphatic heterocycles. The summed E-state index contributed by atoms with van der Waals surface area (Å²) in [5.74, 6) is -0.0797. The van der Waals surface area contributed by atoms with Gasteiger partial charge in [0.15, 0.2) is 0 Å². The third-order valence-electron chi connectivity index (χ3n) is 3.28. The molecular weight excluding hydrogens is 262 g/mol. The minimum absolute atomic E-state index is 0.0797. The lowest BCUT2D eigenvalue weighted by Crippen LogP contribution is -2.24. The quantitative estimate of drug-likeness (QED) is 0.856. The summed E-state index contributed by atoms with van der Waals surface area (Å²) in [4.78, 5) is 16.0. The summed E-state index contributed by atoms with van der Waals surface area (Å²) in [6.45, 7) is 5.51. The summed E-state index contributed by atoms with van der Waals surface area (Å²) in [5.41, 5.74) is 3.91. The minimum Gasteiger partial charge on any atom is -0.380 e. The van der Waals surface area contributed by atoms with Crippen LogP contribution in [-0.2, 0) is 6.54 Å². The fourth-order valence-corrected chi connectivity index (χ4v) is 2.01. The molecule has 1 aromatic heterocycles. The second-order valence-corrected chi connectivity index (χ2v) is 5.00. The van der Waals surface area contributed by atoms with Crippen LogP contribution in [0.2, 0.25) is 0 Å². The number of pyridine rings is 1. The average molecular weight is 283 g/mol. The molecule has 0 saturated heterocycles. The van der Waals surface area contributed by atoms with Crippen molar-refractivity contribution in [2.75, 3.05) is 11.9 Å². The lowest BCUT2D eigenvalue weighted by molar-refractivity contribution is 0.0953. The van der Waals surface area contributed by atoms with Crippen LogP contribution in [0.5, 0.6) is 0 Å². The van der Waals surface area contributed by atoms with Crippen molar-refractivity contribution < 1.29 is 4.79 Å². The van der Waals surface area contributed by atoms with Crippen molar-refractivity contribution in [1.82, 2.24) is 10.3 Å². The second kappa shape index (κ2) is 7.43. The number of benzene rings is 1. The molecule has 1 amide bonds. The first-order valence-electron chi connectivity index (χ1n) is 7.22. The molecule has 0 unspecified atom stereocenters. The van der Waals surface area contributed by atoms with E-state index in [-0.39, 0.29) is 5.91 Å². The highest BCUT2D eigenvalue weighted by Gasteiger charge is 2.06. The zero-order valence-electron chi connectivity index (χ0n) is 12.5. The predicted octanol–water partition coefficient (Wildman–Crippen LogP) is 3.14. The van der Waals surface area contributed by atoms with Crippen molar-refractivity contribution in [2.24, 2.45) is 0 Å². The monoisotopic (exact) mass is 283 g/mol. The van der Waals surface area contributed by atoms with Crippen LogP contribution in [0, 0.1) is 6.92 Å². The van der Waals surface area contributed by atoms with E-state index in [0.29, 0.717) is 18.7 Å². The van der Waals surface area contributed by atoms with Gasteiger partial charge in [-0.3, -0.25) is 9.78 Å². The van der Waals surface area contributed by atoms with Crippen molar-refractivity contribution in [3.05, 3.63) is 59.4 Å². The van der Waals surface area contributed by atoms with Crippen molar-refractivity contribution in [3.8, 4) is 0 Å². The Morgan fingerprint density at radius 1 is 1.24 bits per heavy atom.